The third kappa shape index (κ3) is 7.97. The average Bonchev–Trinajstić information content (AvgIpc) is 3.26. The Bertz CT molecular complexity index is 879. The molecule has 2 aromatic rings. The van der Waals surface area contributed by atoms with E-state index in [-0.39, 0.29) is 0 Å². The lowest BCUT2D eigenvalue weighted by Gasteiger charge is -2.18. The van der Waals surface area contributed by atoms with E-state index in [2.05, 4.69) is 51.8 Å². The van der Waals surface area contributed by atoms with Gasteiger partial charge in [-0.1, -0.05) is 30.1 Å². The van der Waals surface area contributed by atoms with E-state index in [9.17, 15) is 0 Å². The van der Waals surface area contributed by atoms with Crippen molar-refractivity contribution >= 4 is 17.4 Å². The maximum Gasteiger partial charge on any atom is 0.129 e. The molecule has 0 N–H and O–H groups in total. The standard InChI is InChI=1S/C25H31NO3S/c1-25(2,27-3)14-5-4-6-15-26(22-9-10-22)18-23-11-12-24(29-23)19-28-16-7-8-21-13-17-30-20-21/h4,6-8,11-13,17,20,22H,9-10,15-16,18-19H2,1-3H3/b6-4+,8-7+. The van der Waals surface area contributed by atoms with Crippen LogP contribution in [-0.2, 0) is 22.6 Å². The first-order valence-electron chi connectivity index (χ1n) is 10.4. The summed E-state index contributed by atoms with van der Waals surface area (Å²) in [6.07, 6.45) is 10.6. The van der Waals surface area contributed by atoms with Gasteiger partial charge in [0.05, 0.1) is 13.2 Å². The zero-order chi connectivity index (χ0) is 21.2. The van der Waals surface area contributed by atoms with Crippen LogP contribution < -0.4 is 0 Å². The van der Waals surface area contributed by atoms with Crippen molar-refractivity contribution in [2.45, 2.75) is 51.5 Å². The van der Waals surface area contributed by atoms with Crippen LogP contribution in [-0.4, -0.2) is 36.8 Å². The van der Waals surface area contributed by atoms with Crippen LogP contribution in [0.4, 0.5) is 0 Å². The molecule has 0 radical (unpaired) electrons. The molecule has 0 amide bonds. The highest BCUT2D eigenvalue weighted by molar-refractivity contribution is 7.08. The van der Waals surface area contributed by atoms with Crippen molar-refractivity contribution in [2.24, 2.45) is 0 Å². The Hall–Kier alpha value is -2.10. The number of nitrogens with zero attached hydrogens (tertiary/aromatic N) is 1. The first-order chi connectivity index (χ1) is 14.6. The maximum atomic E-state index is 5.97. The molecule has 1 fully saturated rings. The Kier molecular flexibility index (Phi) is 8.53. The van der Waals surface area contributed by atoms with Crippen molar-refractivity contribution < 1.29 is 13.9 Å². The maximum absolute atomic E-state index is 5.97. The lowest BCUT2D eigenvalue weighted by atomic mass is 10.1. The lowest BCUT2D eigenvalue weighted by Crippen LogP contribution is -2.25. The van der Waals surface area contributed by atoms with Gasteiger partial charge in [0.15, 0.2) is 0 Å². The molecule has 3 rings (SSSR count). The molecule has 5 heteroatoms. The molecule has 1 saturated carbocycles. The zero-order valence-electron chi connectivity index (χ0n) is 18.1. The largest absolute Gasteiger partial charge is 0.462 e. The topological polar surface area (TPSA) is 34.8 Å². The predicted molar refractivity (Wildman–Crippen MR) is 123 cm³/mol. The van der Waals surface area contributed by atoms with Crippen molar-refractivity contribution in [2.75, 3.05) is 20.3 Å². The SMILES string of the molecule is COC(C)(C)C#C/C=C/CN(Cc1ccc(COC/C=C/c2ccsc2)o1)C1CC1. The van der Waals surface area contributed by atoms with Crippen LogP contribution in [0.5, 0.6) is 0 Å². The van der Waals surface area contributed by atoms with E-state index in [4.69, 9.17) is 13.9 Å². The van der Waals surface area contributed by atoms with Crippen LogP contribution in [0.15, 0.2) is 51.6 Å². The molecule has 2 heterocycles. The van der Waals surface area contributed by atoms with Crippen molar-refractivity contribution in [3.63, 3.8) is 0 Å². The molecule has 1 aliphatic rings. The lowest BCUT2D eigenvalue weighted by molar-refractivity contribution is 0.0742. The Labute approximate surface area is 184 Å². The van der Waals surface area contributed by atoms with E-state index in [0.717, 1.165) is 24.6 Å². The number of furan rings is 1. The number of allylic oxidation sites excluding steroid dienone is 1. The fourth-order valence-electron chi connectivity index (χ4n) is 2.86. The molecular weight excluding hydrogens is 394 g/mol. The Balaban J connectivity index is 1.42. The summed E-state index contributed by atoms with van der Waals surface area (Å²) in [6, 6.07) is 6.80. The van der Waals surface area contributed by atoms with Gasteiger partial charge in [0.25, 0.3) is 0 Å². The molecule has 160 valence electrons. The first kappa shape index (κ1) is 22.6. The summed E-state index contributed by atoms with van der Waals surface area (Å²) in [4.78, 5) is 2.44. The smallest absolute Gasteiger partial charge is 0.129 e. The monoisotopic (exact) mass is 425 g/mol. The van der Waals surface area contributed by atoms with Gasteiger partial charge in [-0.05, 0) is 67.3 Å². The Morgan fingerprint density at radius 1 is 1.23 bits per heavy atom. The molecule has 0 aliphatic heterocycles. The molecule has 1 aliphatic carbocycles. The third-order valence-corrected chi connectivity index (χ3v) is 5.58. The minimum Gasteiger partial charge on any atom is -0.462 e. The van der Waals surface area contributed by atoms with Gasteiger partial charge in [-0.15, -0.1) is 0 Å². The van der Waals surface area contributed by atoms with E-state index in [1.807, 2.05) is 32.1 Å². The minimum atomic E-state index is -0.410. The predicted octanol–water partition coefficient (Wildman–Crippen LogP) is 5.52. The van der Waals surface area contributed by atoms with Crippen LogP contribution in [0.2, 0.25) is 0 Å². The minimum absolute atomic E-state index is 0.410. The molecule has 4 nitrogen and oxygen atoms in total. The molecule has 0 unspecified atom stereocenters. The summed E-state index contributed by atoms with van der Waals surface area (Å²) < 4.78 is 17.0. The quantitative estimate of drug-likeness (QED) is 0.351. The summed E-state index contributed by atoms with van der Waals surface area (Å²) >= 11 is 1.70. The second-order valence-electron chi connectivity index (χ2n) is 7.89. The summed E-state index contributed by atoms with van der Waals surface area (Å²) in [5, 5.41) is 4.18. The van der Waals surface area contributed by atoms with E-state index >= 15 is 0 Å². The molecule has 30 heavy (non-hydrogen) atoms. The van der Waals surface area contributed by atoms with E-state index in [1.54, 1.807) is 18.4 Å². The summed E-state index contributed by atoms with van der Waals surface area (Å²) in [5.41, 5.74) is 0.804. The number of hydrogen-bond acceptors (Lipinski definition) is 5. The van der Waals surface area contributed by atoms with E-state index in [1.165, 1.54) is 18.4 Å². The number of thiophene rings is 1. The van der Waals surface area contributed by atoms with Crippen molar-refractivity contribution in [3.8, 4) is 11.8 Å². The van der Waals surface area contributed by atoms with Crippen molar-refractivity contribution in [1.29, 1.82) is 0 Å². The average molecular weight is 426 g/mol. The van der Waals surface area contributed by atoms with Crippen LogP contribution in [0.3, 0.4) is 0 Å². The van der Waals surface area contributed by atoms with Gasteiger partial charge in [-0.25, -0.2) is 0 Å². The Morgan fingerprint density at radius 3 is 2.80 bits per heavy atom. The Morgan fingerprint density at radius 2 is 2.07 bits per heavy atom. The summed E-state index contributed by atoms with van der Waals surface area (Å²) in [7, 11) is 1.68. The number of rotatable bonds is 11. The van der Waals surface area contributed by atoms with Gasteiger partial charge >= 0.3 is 0 Å². The summed E-state index contributed by atoms with van der Waals surface area (Å²) in [5.74, 6) is 8.03. The van der Waals surface area contributed by atoms with Gasteiger partial charge < -0.3 is 13.9 Å². The van der Waals surface area contributed by atoms with Crippen LogP contribution in [0, 0.1) is 11.8 Å². The first-order valence-corrected chi connectivity index (χ1v) is 11.3. The highest BCUT2D eigenvalue weighted by Gasteiger charge is 2.28. The fraction of sp³-hybridized carbons (Fsp3) is 0.440. The molecule has 0 bridgehead atoms. The molecular formula is C25H31NO3S. The van der Waals surface area contributed by atoms with E-state index < -0.39 is 5.60 Å². The molecule has 0 aromatic carbocycles. The van der Waals surface area contributed by atoms with Crippen LogP contribution >= 0.6 is 11.3 Å². The van der Waals surface area contributed by atoms with Gasteiger partial charge in [-0.2, -0.15) is 11.3 Å². The third-order valence-electron chi connectivity index (χ3n) is 4.88. The number of methoxy groups -OCH3 is 1. The molecule has 2 aromatic heterocycles. The van der Waals surface area contributed by atoms with Crippen LogP contribution in [0.25, 0.3) is 6.08 Å². The zero-order valence-corrected chi connectivity index (χ0v) is 18.9. The van der Waals surface area contributed by atoms with Crippen molar-refractivity contribution in [3.05, 3.63) is 64.3 Å². The van der Waals surface area contributed by atoms with Crippen molar-refractivity contribution in [1.82, 2.24) is 4.90 Å². The molecule has 0 saturated heterocycles. The highest BCUT2D eigenvalue weighted by atomic mass is 32.1. The second-order valence-corrected chi connectivity index (χ2v) is 8.67. The van der Waals surface area contributed by atoms with Gasteiger partial charge in [-0.3, -0.25) is 4.90 Å². The van der Waals surface area contributed by atoms with Gasteiger partial charge in [0.2, 0.25) is 0 Å². The van der Waals surface area contributed by atoms with Gasteiger partial charge in [0, 0.05) is 19.7 Å². The molecule has 0 spiro atoms. The summed E-state index contributed by atoms with van der Waals surface area (Å²) in [6.45, 7) is 6.66. The van der Waals surface area contributed by atoms with Crippen LogP contribution in [0.1, 0.15) is 43.8 Å². The second kappa shape index (κ2) is 11.3. The molecule has 0 atom stereocenters. The van der Waals surface area contributed by atoms with E-state index in [0.29, 0.717) is 19.3 Å². The highest BCUT2D eigenvalue weighted by Crippen LogP contribution is 2.28. The van der Waals surface area contributed by atoms with Gasteiger partial charge in [0.1, 0.15) is 23.7 Å². The number of ether oxygens (including phenoxy) is 2. The fourth-order valence-corrected chi connectivity index (χ4v) is 3.49. The number of hydrogen-bond donors (Lipinski definition) is 0. The normalized spacial score (nSPS) is 14.7.